The number of fused-ring (bicyclic) bond motifs is 1. The van der Waals surface area contributed by atoms with E-state index < -0.39 is 0 Å². The molecule has 0 radical (unpaired) electrons. The van der Waals surface area contributed by atoms with Crippen LogP contribution in [-0.4, -0.2) is 22.0 Å². The number of hydrogen-bond donors (Lipinski definition) is 1. The summed E-state index contributed by atoms with van der Waals surface area (Å²) in [6, 6.07) is 8.46. The van der Waals surface area contributed by atoms with Gasteiger partial charge >= 0.3 is 0 Å². The van der Waals surface area contributed by atoms with Crippen LogP contribution in [-0.2, 0) is 17.8 Å². The molecule has 3 rings (SSSR count). The summed E-state index contributed by atoms with van der Waals surface area (Å²) < 4.78 is 2.42. The van der Waals surface area contributed by atoms with Gasteiger partial charge in [-0.15, -0.1) is 0 Å². The van der Waals surface area contributed by atoms with Crippen LogP contribution in [0.5, 0.6) is 0 Å². The van der Waals surface area contributed by atoms with Crippen LogP contribution in [0.15, 0.2) is 24.3 Å². The fraction of sp³-hybridized carbons (Fsp3) is 0.619. The molecule has 136 valence electrons. The van der Waals surface area contributed by atoms with Gasteiger partial charge < -0.3 is 9.88 Å². The Kier molecular flexibility index (Phi) is 6.48. The Morgan fingerprint density at radius 1 is 1.24 bits per heavy atom. The van der Waals surface area contributed by atoms with Gasteiger partial charge in [-0.3, -0.25) is 4.79 Å². The summed E-state index contributed by atoms with van der Waals surface area (Å²) in [7, 11) is 0. The molecular weight excluding hydrogens is 310 g/mol. The third-order valence-corrected chi connectivity index (χ3v) is 5.44. The number of nitrogens with zero attached hydrogens (tertiary/aromatic N) is 2. The van der Waals surface area contributed by atoms with Gasteiger partial charge in [0.05, 0.1) is 11.0 Å². The van der Waals surface area contributed by atoms with Gasteiger partial charge in [-0.2, -0.15) is 0 Å². The zero-order chi connectivity index (χ0) is 17.5. The number of nitrogens with one attached hydrogen (secondary N) is 1. The van der Waals surface area contributed by atoms with E-state index in [2.05, 4.69) is 34.1 Å². The molecule has 25 heavy (non-hydrogen) atoms. The molecule has 0 atom stereocenters. The predicted molar refractivity (Wildman–Crippen MR) is 103 cm³/mol. The Hall–Kier alpha value is -1.84. The molecule has 1 N–H and O–H groups in total. The Labute approximate surface area is 151 Å². The summed E-state index contributed by atoms with van der Waals surface area (Å²) >= 11 is 0. The Balaban J connectivity index is 1.65. The van der Waals surface area contributed by atoms with Crippen molar-refractivity contribution in [3.8, 4) is 0 Å². The van der Waals surface area contributed by atoms with Crippen molar-refractivity contribution in [1.82, 2.24) is 14.9 Å². The number of hydrogen-bond acceptors (Lipinski definition) is 2. The van der Waals surface area contributed by atoms with Crippen LogP contribution in [0, 0.1) is 5.92 Å². The summed E-state index contributed by atoms with van der Waals surface area (Å²) in [6.45, 7) is 3.69. The van der Waals surface area contributed by atoms with Crippen molar-refractivity contribution in [2.75, 3.05) is 6.54 Å². The summed E-state index contributed by atoms with van der Waals surface area (Å²) in [5.41, 5.74) is 2.35. The molecule has 1 fully saturated rings. The van der Waals surface area contributed by atoms with Crippen molar-refractivity contribution in [3.63, 3.8) is 0 Å². The fourth-order valence-corrected chi connectivity index (χ4v) is 3.95. The number of aromatic nitrogens is 2. The molecule has 1 aromatic heterocycles. The number of rotatable bonds is 8. The maximum atomic E-state index is 11.4. The van der Waals surface area contributed by atoms with E-state index in [1.54, 1.807) is 0 Å². The zero-order valence-corrected chi connectivity index (χ0v) is 15.5. The Bertz CT molecular complexity index is 686. The molecule has 2 aromatic rings. The molecule has 1 aromatic carbocycles. The summed E-state index contributed by atoms with van der Waals surface area (Å²) in [5, 5.41) is 2.96. The van der Waals surface area contributed by atoms with Crippen molar-refractivity contribution in [3.05, 3.63) is 30.1 Å². The zero-order valence-electron chi connectivity index (χ0n) is 15.5. The molecule has 1 aliphatic rings. The van der Waals surface area contributed by atoms with E-state index in [-0.39, 0.29) is 5.91 Å². The van der Waals surface area contributed by atoms with Crippen LogP contribution in [0.1, 0.15) is 64.1 Å². The maximum Gasteiger partial charge on any atom is 0.219 e. The van der Waals surface area contributed by atoms with Gasteiger partial charge in [0, 0.05) is 25.9 Å². The maximum absolute atomic E-state index is 11.4. The van der Waals surface area contributed by atoms with E-state index in [4.69, 9.17) is 4.98 Å². The van der Waals surface area contributed by atoms with Crippen LogP contribution in [0.2, 0.25) is 0 Å². The first-order valence-corrected chi connectivity index (χ1v) is 9.98. The summed E-state index contributed by atoms with van der Waals surface area (Å²) in [5.74, 6) is 2.18. The molecule has 1 amide bonds. The number of amides is 1. The van der Waals surface area contributed by atoms with E-state index in [1.807, 2.05) is 6.92 Å². The van der Waals surface area contributed by atoms with E-state index >= 15 is 0 Å². The van der Waals surface area contributed by atoms with Gasteiger partial charge in [-0.05, 0) is 30.9 Å². The lowest BCUT2D eigenvalue weighted by molar-refractivity contribution is -0.120. The summed E-state index contributed by atoms with van der Waals surface area (Å²) in [6.07, 6.45) is 10.7. The topological polar surface area (TPSA) is 46.9 Å². The lowest BCUT2D eigenvalue weighted by atomic mass is 9.87. The molecular formula is C21H31N3O. The first kappa shape index (κ1) is 18.0. The third kappa shape index (κ3) is 4.83. The largest absolute Gasteiger partial charge is 0.356 e. The molecule has 0 bridgehead atoms. The van der Waals surface area contributed by atoms with E-state index in [9.17, 15) is 4.79 Å². The quantitative estimate of drug-likeness (QED) is 0.720. The van der Waals surface area contributed by atoms with Crippen molar-refractivity contribution in [2.45, 2.75) is 71.3 Å². The van der Waals surface area contributed by atoms with Crippen molar-refractivity contribution < 1.29 is 4.79 Å². The van der Waals surface area contributed by atoms with Gasteiger partial charge in [-0.1, -0.05) is 51.2 Å². The minimum Gasteiger partial charge on any atom is -0.356 e. The molecule has 0 spiro atoms. The smallest absolute Gasteiger partial charge is 0.219 e. The first-order valence-electron chi connectivity index (χ1n) is 9.98. The lowest BCUT2D eigenvalue weighted by Crippen LogP contribution is -2.23. The monoisotopic (exact) mass is 341 g/mol. The highest BCUT2D eigenvalue weighted by molar-refractivity contribution is 5.76. The van der Waals surface area contributed by atoms with Gasteiger partial charge in [0.15, 0.2) is 0 Å². The number of para-hydroxylation sites is 2. The number of aryl methyl sites for hydroxylation is 2. The third-order valence-electron chi connectivity index (χ3n) is 5.44. The molecule has 0 saturated heterocycles. The number of carbonyl (C=O) groups is 1. The second-order valence-electron chi connectivity index (χ2n) is 7.27. The van der Waals surface area contributed by atoms with Gasteiger partial charge in [-0.25, -0.2) is 4.98 Å². The number of benzene rings is 1. The highest BCUT2D eigenvalue weighted by Gasteiger charge is 2.16. The Morgan fingerprint density at radius 3 is 2.84 bits per heavy atom. The highest BCUT2D eigenvalue weighted by Crippen LogP contribution is 2.28. The van der Waals surface area contributed by atoms with Crippen molar-refractivity contribution in [2.24, 2.45) is 5.92 Å². The second kappa shape index (κ2) is 9.02. The van der Waals surface area contributed by atoms with E-state index in [1.165, 1.54) is 49.9 Å². The average molecular weight is 341 g/mol. The molecule has 0 unspecified atom stereocenters. The Morgan fingerprint density at radius 2 is 2.04 bits per heavy atom. The predicted octanol–water partition coefficient (Wildman–Crippen LogP) is 4.47. The van der Waals surface area contributed by atoms with Gasteiger partial charge in [0.2, 0.25) is 5.91 Å². The minimum atomic E-state index is 0.130. The number of imidazole rings is 1. The van der Waals surface area contributed by atoms with Gasteiger partial charge in [0.1, 0.15) is 5.82 Å². The molecule has 4 nitrogen and oxygen atoms in total. The molecule has 1 aliphatic carbocycles. The SMILES string of the molecule is CCC(=O)NCCCc1nc2ccccc2n1CCC1CCCCC1. The molecule has 4 heteroatoms. The van der Waals surface area contributed by atoms with E-state index in [0.717, 1.165) is 37.4 Å². The average Bonchev–Trinajstić information content (AvgIpc) is 3.01. The highest BCUT2D eigenvalue weighted by atomic mass is 16.1. The van der Waals surface area contributed by atoms with Crippen LogP contribution in [0.3, 0.4) is 0 Å². The van der Waals surface area contributed by atoms with Crippen LogP contribution >= 0.6 is 0 Å². The molecule has 1 saturated carbocycles. The van der Waals surface area contributed by atoms with Crippen LogP contribution < -0.4 is 5.32 Å². The molecule has 0 aliphatic heterocycles. The fourth-order valence-electron chi connectivity index (χ4n) is 3.95. The van der Waals surface area contributed by atoms with Crippen molar-refractivity contribution >= 4 is 16.9 Å². The number of carbonyl (C=O) groups excluding carboxylic acids is 1. The van der Waals surface area contributed by atoms with Crippen molar-refractivity contribution in [1.29, 1.82) is 0 Å². The summed E-state index contributed by atoms with van der Waals surface area (Å²) in [4.78, 5) is 16.2. The van der Waals surface area contributed by atoms with E-state index in [0.29, 0.717) is 6.42 Å². The molecule has 1 heterocycles. The van der Waals surface area contributed by atoms with Crippen LogP contribution in [0.25, 0.3) is 11.0 Å². The second-order valence-corrected chi connectivity index (χ2v) is 7.27. The standard InChI is InChI=1S/C21H31N3O/c1-2-21(25)22-15-8-13-20-23-18-11-6-7-12-19(18)24(20)16-14-17-9-4-3-5-10-17/h6-7,11-12,17H,2-5,8-10,13-16H2,1H3,(H,22,25). The normalized spacial score (nSPS) is 15.6. The van der Waals surface area contributed by atoms with Gasteiger partial charge in [0.25, 0.3) is 0 Å². The first-order chi connectivity index (χ1) is 12.3. The lowest BCUT2D eigenvalue weighted by Gasteiger charge is -2.22. The van der Waals surface area contributed by atoms with Crippen LogP contribution in [0.4, 0.5) is 0 Å². The minimum absolute atomic E-state index is 0.130.